The van der Waals surface area contributed by atoms with Crippen molar-refractivity contribution in [2.75, 3.05) is 0 Å². The van der Waals surface area contributed by atoms with Crippen molar-refractivity contribution in [2.45, 2.75) is 11.7 Å². The van der Waals surface area contributed by atoms with Gasteiger partial charge < -0.3 is 0 Å². The monoisotopic (exact) mass is 194 g/mol. The second-order valence-electron chi connectivity index (χ2n) is 2.95. The van der Waals surface area contributed by atoms with Crippen molar-refractivity contribution in [1.29, 1.82) is 0 Å². The van der Waals surface area contributed by atoms with Gasteiger partial charge in [-0.3, -0.25) is 0 Å². The van der Waals surface area contributed by atoms with Crippen LogP contribution in [0.1, 0.15) is 12.0 Å². The molecule has 1 aliphatic carbocycles. The van der Waals surface area contributed by atoms with Crippen molar-refractivity contribution >= 4 is 30.8 Å². The Hall–Kier alpha value is -0.340. The number of thiol groups is 2. The molecule has 2 heteroatoms. The number of allylic oxidation sites excluding steroid dienone is 1. The van der Waals surface area contributed by atoms with E-state index in [0.717, 1.165) is 11.3 Å². The SMILES string of the molecule is SC1=C(c2ccccc2)CC1S. The summed E-state index contributed by atoms with van der Waals surface area (Å²) in [5.74, 6) is 0. The van der Waals surface area contributed by atoms with Gasteiger partial charge in [0.1, 0.15) is 0 Å². The molecule has 1 unspecified atom stereocenters. The molecule has 1 aromatic rings. The average molecular weight is 194 g/mol. The second-order valence-corrected chi connectivity index (χ2v) is 4.05. The molecule has 0 spiro atoms. The fourth-order valence-corrected chi connectivity index (χ4v) is 2.02. The van der Waals surface area contributed by atoms with Crippen LogP contribution in [0.2, 0.25) is 0 Å². The Morgan fingerprint density at radius 3 is 2.33 bits per heavy atom. The summed E-state index contributed by atoms with van der Waals surface area (Å²) in [6.45, 7) is 0. The molecule has 0 heterocycles. The summed E-state index contributed by atoms with van der Waals surface area (Å²) in [4.78, 5) is 1.13. The smallest absolute Gasteiger partial charge is 0.0368 e. The van der Waals surface area contributed by atoms with Crippen LogP contribution in [0.5, 0.6) is 0 Å². The van der Waals surface area contributed by atoms with Gasteiger partial charge in [0.15, 0.2) is 0 Å². The molecule has 0 aliphatic heterocycles. The highest BCUT2D eigenvalue weighted by atomic mass is 32.1. The fraction of sp³-hybridized carbons (Fsp3) is 0.200. The van der Waals surface area contributed by atoms with E-state index in [9.17, 15) is 0 Å². The molecule has 0 bridgehead atoms. The van der Waals surface area contributed by atoms with Gasteiger partial charge in [-0.2, -0.15) is 12.6 Å². The van der Waals surface area contributed by atoms with E-state index in [1.54, 1.807) is 0 Å². The third-order valence-electron chi connectivity index (χ3n) is 2.14. The lowest BCUT2D eigenvalue weighted by molar-refractivity contribution is 1.000. The molecule has 62 valence electrons. The molecule has 0 saturated heterocycles. The summed E-state index contributed by atoms with van der Waals surface area (Å²) in [5.41, 5.74) is 2.63. The molecule has 0 saturated carbocycles. The van der Waals surface area contributed by atoms with E-state index in [-0.39, 0.29) is 0 Å². The highest BCUT2D eigenvalue weighted by molar-refractivity contribution is 7.88. The molecular formula is C10H10S2. The maximum Gasteiger partial charge on any atom is 0.0368 e. The Morgan fingerprint density at radius 1 is 1.17 bits per heavy atom. The minimum absolute atomic E-state index is 0.364. The van der Waals surface area contributed by atoms with Gasteiger partial charge in [-0.25, -0.2) is 0 Å². The van der Waals surface area contributed by atoms with Crippen LogP contribution in [-0.2, 0) is 0 Å². The molecule has 2 rings (SSSR count). The molecule has 1 aromatic carbocycles. The molecule has 0 nitrogen and oxygen atoms in total. The van der Waals surface area contributed by atoms with Gasteiger partial charge >= 0.3 is 0 Å². The van der Waals surface area contributed by atoms with Crippen molar-refractivity contribution in [2.24, 2.45) is 0 Å². The zero-order chi connectivity index (χ0) is 8.55. The van der Waals surface area contributed by atoms with E-state index in [0.29, 0.717) is 5.25 Å². The lowest BCUT2D eigenvalue weighted by Gasteiger charge is -2.27. The highest BCUT2D eigenvalue weighted by Crippen LogP contribution is 2.41. The molecular weight excluding hydrogens is 184 g/mol. The third kappa shape index (κ3) is 1.29. The van der Waals surface area contributed by atoms with Gasteiger partial charge in [0, 0.05) is 5.25 Å². The van der Waals surface area contributed by atoms with E-state index >= 15 is 0 Å². The van der Waals surface area contributed by atoms with Crippen LogP contribution < -0.4 is 0 Å². The molecule has 0 radical (unpaired) electrons. The molecule has 12 heavy (non-hydrogen) atoms. The fourth-order valence-electron chi connectivity index (χ4n) is 1.37. The first kappa shape index (κ1) is 8.27. The Kier molecular flexibility index (Phi) is 2.20. The van der Waals surface area contributed by atoms with Crippen LogP contribution in [0.25, 0.3) is 5.57 Å². The molecule has 0 N–H and O–H groups in total. The zero-order valence-electron chi connectivity index (χ0n) is 6.57. The minimum atomic E-state index is 0.364. The van der Waals surface area contributed by atoms with Gasteiger partial charge in [-0.15, -0.1) is 12.6 Å². The highest BCUT2D eigenvalue weighted by Gasteiger charge is 2.24. The van der Waals surface area contributed by atoms with Crippen molar-refractivity contribution in [1.82, 2.24) is 0 Å². The van der Waals surface area contributed by atoms with E-state index in [2.05, 4.69) is 49.5 Å². The summed E-state index contributed by atoms with van der Waals surface area (Å²) >= 11 is 8.74. The quantitative estimate of drug-likeness (QED) is 0.631. The Bertz CT molecular complexity index is 314. The van der Waals surface area contributed by atoms with E-state index in [1.165, 1.54) is 11.1 Å². The van der Waals surface area contributed by atoms with Crippen molar-refractivity contribution < 1.29 is 0 Å². The first-order valence-corrected chi connectivity index (χ1v) is 4.91. The Labute approximate surface area is 83.5 Å². The lowest BCUT2D eigenvalue weighted by Crippen LogP contribution is -2.13. The number of rotatable bonds is 1. The van der Waals surface area contributed by atoms with Crippen molar-refractivity contribution in [3.63, 3.8) is 0 Å². The largest absolute Gasteiger partial charge is 0.170 e. The van der Waals surface area contributed by atoms with Crippen LogP contribution in [0.15, 0.2) is 35.2 Å². The van der Waals surface area contributed by atoms with Gasteiger partial charge in [0.2, 0.25) is 0 Å². The minimum Gasteiger partial charge on any atom is -0.170 e. The maximum absolute atomic E-state index is 4.39. The molecule has 0 fully saturated rings. The first-order valence-electron chi connectivity index (χ1n) is 3.94. The first-order chi connectivity index (χ1) is 5.79. The summed E-state index contributed by atoms with van der Waals surface area (Å²) < 4.78 is 0. The van der Waals surface area contributed by atoms with Gasteiger partial charge in [0.05, 0.1) is 0 Å². The standard InChI is InChI=1S/C10H10S2/c11-9-6-8(10(9)12)7-4-2-1-3-5-7/h1-5,9,11-12H,6H2. The summed E-state index contributed by atoms with van der Waals surface area (Å²) in [6, 6.07) is 10.4. The van der Waals surface area contributed by atoms with Crippen LogP contribution in [-0.4, -0.2) is 5.25 Å². The molecule has 1 aliphatic rings. The topological polar surface area (TPSA) is 0 Å². The molecule has 0 aromatic heterocycles. The van der Waals surface area contributed by atoms with E-state index in [4.69, 9.17) is 0 Å². The van der Waals surface area contributed by atoms with E-state index < -0.39 is 0 Å². The van der Waals surface area contributed by atoms with Crippen LogP contribution >= 0.6 is 25.3 Å². The molecule has 0 amide bonds. The second kappa shape index (κ2) is 3.19. The Balaban J connectivity index is 2.35. The summed E-state index contributed by atoms with van der Waals surface area (Å²) in [5, 5.41) is 0.364. The number of benzene rings is 1. The number of hydrogen-bond acceptors (Lipinski definition) is 2. The average Bonchev–Trinajstić information content (AvgIpc) is 2.15. The lowest BCUT2D eigenvalue weighted by atomic mass is 9.91. The van der Waals surface area contributed by atoms with Crippen LogP contribution in [0.3, 0.4) is 0 Å². The maximum atomic E-state index is 4.39. The van der Waals surface area contributed by atoms with Crippen LogP contribution in [0.4, 0.5) is 0 Å². The number of hydrogen-bond donors (Lipinski definition) is 2. The molecule has 1 atom stereocenters. The summed E-state index contributed by atoms with van der Waals surface area (Å²) in [6.07, 6.45) is 1.05. The van der Waals surface area contributed by atoms with Crippen molar-refractivity contribution in [3.8, 4) is 0 Å². The summed E-state index contributed by atoms with van der Waals surface area (Å²) in [7, 11) is 0. The van der Waals surface area contributed by atoms with Gasteiger partial charge in [-0.05, 0) is 22.5 Å². The predicted molar refractivity (Wildman–Crippen MR) is 59.7 cm³/mol. The predicted octanol–water partition coefficient (Wildman–Crippen LogP) is 3.03. The van der Waals surface area contributed by atoms with Gasteiger partial charge in [-0.1, -0.05) is 30.3 Å². The van der Waals surface area contributed by atoms with Crippen LogP contribution in [0, 0.1) is 0 Å². The van der Waals surface area contributed by atoms with E-state index in [1.807, 2.05) is 6.07 Å². The third-order valence-corrected chi connectivity index (χ3v) is 3.37. The van der Waals surface area contributed by atoms with Gasteiger partial charge in [0.25, 0.3) is 0 Å². The normalized spacial score (nSPS) is 22.3. The van der Waals surface area contributed by atoms with Crippen molar-refractivity contribution in [3.05, 3.63) is 40.8 Å². The zero-order valence-corrected chi connectivity index (χ0v) is 8.35. The Morgan fingerprint density at radius 2 is 1.83 bits per heavy atom.